The first kappa shape index (κ1) is 18.7. The van der Waals surface area contributed by atoms with Crippen LogP contribution in [0, 0.1) is 0 Å². The Morgan fingerprint density at radius 3 is 2.73 bits per heavy atom. The molecule has 154 valence electrons. The molecule has 0 amide bonds. The van der Waals surface area contributed by atoms with E-state index in [4.69, 9.17) is 19.2 Å². The Kier molecular flexibility index (Phi) is 5.11. The predicted octanol–water partition coefficient (Wildman–Crippen LogP) is 3.56. The number of hydrogen-bond donors (Lipinski definition) is 1. The molecule has 0 aliphatic carbocycles. The maximum atomic E-state index is 5.71. The lowest BCUT2D eigenvalue weighted by molar-refractivity contribution is 0.171. The van der Waals surface area contributed by atoms with E-state index in [0.29, 0.717) is 19.2 Å². The van der Waals surface area contributed by atoms with Crippen molar-refractivity contribution >= 4 is 11.6 Å². The fourth-order valence-corrected chi connectivity index (χ4v) is 3.82. The van der Waals surface area contributed by atoms with Gasteiger partial charge < -0.3 is 19.5 Å². The molecule has 0 radical (unpaired) electrons. The van der Waals surface area contributed by atoms with Crippen molar-refractivity contribution in [3.8, 4) is 17.2 Å². The van der Waals surface area contributed by atoms with Crippen molar-refractivity contribution in [3.63, 3.8) is 0 Å². The molecule has 1 N–H and O–H groups in total. The summed E-state index contributed by atoms with van der Waals surface area (Å²) in [5.41, 5.74) is 4.45. The number of nitrogens with zero attached hydrogens (tertiary/aromatic N) is 3. The third-order valence-corrected chi connectivity index (χ3v) is 5.37. The molecule has 0 saturated heterocycles. The maximum Gasteiger partial charge on any atom is 0.227 e. The number of nitrogens with one attached hydrogen (secondary N) is 1. The van der Waals surface area contributed by atoms with Crippen molar-refractivity contribution in [2.24, 2.45) is 0 Å². The van der Waals surface area contributed by atoms with Gasteiger partial charge in [-0.2, -0.15) is 0 Å². The number of rotatable bonds is 5. The molecule has 30 heavy (non-hydrogen) atoms. The highest BCUT2D eigenvalue weighted by atomic mass is 16.6. The summed E-state index contributed by atoms with van der Waals surface area (Å²) in [6.07, 6.45) is 2.84. The Balaban J connectivity index is 1.24. The number of methoxy groups -OCH3 is 1. The molecule has 1 aromatic heterocycles. The summed E-state index contributed by atoms with van der Waals surface area (Å²) in [5, 5.41) is 3.27. The first-order valence-corrected chi connectivity index (χ1v) is 10.1. The molecule has 2 aliphatic rings. The van der Waals surface area contributed by atoms with Crippen LogP contribution in [0.1, 0.15) is 16.8 Å². The molecule has 7 nitrogen and oxygen atoms in total. The predicted molar refractivity (Wildman–Crippen MR) is 114 cm³/mol. The molecule has 2 aromatic carbocycles. The van der Waals surface area contributed by atoms with Gasteiger partial charge in [0.05, 0.1) is 12.8 Å². The van der Waals surface area contributed by atoms with Crippen LogP contribution in [-0.2, 0) is 19.5 Å². The van der Waals surface area contributed by atoms with Crippen LogP contribution in [-0.4, -0.2) is 41.7 Å². The van der Waals surface area contributed by atoms with Gasteiger partial charge in [-0.25, -0.2) is 9.97 Å². The van der Waals surface area contributed by atoms with Crippen LogP contribution < -0.4 is 19.5 Å². The van der Waals surface area contributed by atoms with Gasteiger partial charge in [0.2, 0.25) is 5.95 Å². The lowest BCUT2D eigenvalue weighted by Gasteiger charge is -2.28. The summed E-state index contributed by atoms with van der Waals surface area (Å²) >= 11 is 0. The summed E-state index contributed by atoms with van der Waals surface area (Å²) < 4.78 is 16.5. The molecular formula is C23H24N4O3. The number of fused-ring (bicyclic) bond motifs is 2. The van der Waals surface area contributed by atoms with E-state index >= 15 is 0 Å². The van der Waals surface area contributed by atoms with Crippen molar-refractivity contribution in [3.05, 3.63) is 65.5 Å². The Labute approximate surface area is 175 Å². The zero-order valence-electron chi connectivity index (χ0n) is 16.9. The van der Waals surface area contributed by atoms with Gasteiger partial charge in [0, 0.05) is 43.5 Å². The molecule has 2 aliphatic heterocycles. The molecular weight excluding hydrogens is 380 g/mol. The highest BCUT2D eigenvalue weighted by Gasteiger charge is 2.20. The molecule has 0 saturated carbocycles. The van der Waals surface area contributed by atoms with Crippen LogP contribution in [0.15, 0.2) is 48.7 Å². The van der Waals surface area contributed by atoms with Crippen molar-refractivity contribution < 1.29 is 14.2 Å². The Morgan fingerprint density at radius 2 is 1.90 bits per heavy atom. The van der Waals surface area contributed by atoms with E-state index in [1.165, 1.54) is 11.1 Å². The lowest BCUT2D eigenvalue weighted by atomic mass is 10.1. The standard InChI is InChI=1S/C23H24N4O3/c1-28-19-5-3-18(4-6-19)25-23-24-13-17-15-27(9-8-20(17)26-23)14-16-2-7-21-22(12-16)30-11-10-29-21/h2-7,12-13H,8-11,14-15H2,1H3,(H,24,25,26). The molecule has 3 aromatic rings. The van der Waals surface area contributed by atoms with E-state index in [1.54, 1.807) is 7.11 Å². The Hall–Kier alpha value is -3.32. The highest BCUT2D eigenvalue weighted by Crippen LogP contribution is 2.31. The van der Waals surface area contributed by atoms with Gasteiger partial charge in [-0.1, -0.05) is 6.07 Å². The minimum Gasteiger partial charge on any atom is -0.497 e. The van der Waals surface area contributed by atoms with Gasteiger partial charge in [-0.05, 0) is 42.0 Å². The van der Waals surface area contributed by atoms with Crippen molar-refractivity contribution in [2.45, 2.75) is 19.5 Å². The van der Waals surface area contributed by atoms with E-state index in [1.807, 2.05) is 36.5 Å². The highest BCUT2D eigenvalue weighted by molar-refractivity contribution is 5.54. The Morgan fingerprint density at radius 1 is 1.07 bits per heavy atom. The maximum absolute atomic E-state index is 5.71. The van der Waals surface area contributed by atoms with Gasteiger partial charge in [-0.15, -0.1) is 0 Å². The fourth-order valence-electron chi connectivity index (χ4n) is 3.82. The number of benzene rings is 2. The van der Waals surface area contributed by atoms with E-state index in [0.717, 1.165) is 54.7 Å². The largest absolute Gasteiger partial charge is 0.497 e. The van der Waals surface area contributed by atoms with E-state index < -0.39 is 0 Å². The van der Waals surface area contributed by atoms with E-state index in [-0.39, 0.29) is 0 Å². The smallest absolute Gasteiger partial charge is 0.227 e. The van der Waals surface area contributed by atoms with Gasteiger partial charge in [0.15, 0.2) is 11.5 Å². The van der Waals surface area contributed by atoms with Crippen LogP contribution >= 0.6 is 0 Å². The lowest BCUT2D eigenvalue weighted by Crippen LogP contribution is -2.31. The minimum atomic E-state index is 0.609. The molecule has 0 atom stereocenters. The van der Waals surface area contributed by atoms with Crippen molar-refractivity contribution in [1.82, 2.24) is 14.9 Å². The molecule has 0 bridgehead atoms. The molecule has 7 heteroatoms. The van der Waals surface area contributed by atoms with Crippen LogP contribution in [0.25, 0.3) is 0 Å². The average molecular weight is 404 g/mol. The van der Waals surface area contributed by atoms with Crippen LogP contribution in [0.3, 0.4) is 0 Å². The second-order valence-corrected chi connectivity index (χ2v) is 7.46. The van der Waals surface area contributed by atoms with Crippen molar-refractivity contribution in [2.75, 3.05) is 32.2 Å². The van der Waals surface area contributed by atoms with Gasteiger partial charge in [-0.3, -0.25) is 4.90 Å². The zero-order valence-corrected chi connectivity index (χ0v) is 16.9. The van der Waals surface area contributed by atoms with E-state index in [9.17, 15) is 0 Å². The van der Waals surface area contributed by atoms with Crippen LogP contribution in [0.5, 0.6) is 17.2 Å². The van der Waals surface area contributed by atoms with Crippen LogP contribution in [0.2, 0.25) is 0 Å². The summed E-state index contributed by atoms with van der Waals surface area (Å²) in [4.78, 5) is 11.7. The third-order valence-electron chi connectivity index (χ3n) is 5.37. The van der Waals surface area contributed by atoms with Gasteiger partial charge in [0.1, 0.15) is 19.0 Å². The summed E-state index contributed by atoms with van der Waals surface area (Å²) in [5.74, 6) is 3.12. The molecule has 0 spiro atoms. The third kappa shape index (κ3) is 4.02. The monoisotopic (exact) mass is 404 g/mol. The quantitative estimate of drug-likeness (QED) is 0.697. The topological polar surface area (TPSA) is 68.7 Å². The molecule has 5 rings (SSSR count). The number of anilines is 2. The summed E-state index contributed by atoms with van der Waals surface area (Å²) in [7, 11) is 1.66. The van der Waals surface area contributed by atoms with Gasteiger partial charge >= 0.3 is 0 Å². The Bertz CT molecular complexity index is 1040. The second-order valence-electron chi connectivity index (χ2n) is 7.46. The molecule has 0 fully saturated rings. The molecule has 0 unspecified atom stereocenters. The average Bonchev–Trinajstić information content (AvgIpc) is 2.79. The van der Waals surface area contributed by atoms with Crippen molar-refractivity contribution in [1.29, 1.82) is 0 Å². The summed E-state index contributed by atoms with van der Waals surface area (Å²) in [6.45, 7) is 3.89. The number of hydrogen-bond acceptors (Lipinski definition) is 7. The minimum absolute atomic E-state index is 0.609. The normalized spacial score (nSPS) is 15.4. The number of aromatic nitrogens is 2. The van der Waals surface area contributed by atoms with E-state index in [2.05, 4.69) is 27.3 Å². The van der Waals surface area contributed by atoms with Gasteiger partial charge in [0.25, 0.3) is 0 Å². The fraction of sp³-hybridized carbons (Fsp3) is 0.304. The SMILES string of the molecule is COc1ccc(Nc2ncc3c(n2)CCN(Cc2ccc4c(c2)OCCO4)C3)cc1. The molecule has 3 heterocycles. The summed E-state index contributed by atoms with van der Waals surface area (Å²) in [6, 6.07) is 13.9. The zero-order chi connectivity index (χ0) is 20.3. The number of ether oxygens (including phenoxy) is 3. The second kappa shape index (κ2) is 8.20. The first-order chi connectivity index (χ1) is 14.8. The van der Waals surface area contributed by atoms with Crippen LogP contribution in [0.4, 0.5) is 11.6 Å². The first-order valence-electron chi connectivity index (χ1n) is 10.1.